The van der Waals surface area contributed by atoms with Gasteiger partial charge in [0.05, 0.1) is 65.1 Å². The van der Waals surface area contributed by atoms with Gasteiger partial charge in [-0.05, 0) is 13.8 Å². The number of aliphatic hydroxyl groups excluding tert-OH is 28. The van der Waals surface area contributed by atoms with Gasteiger partial charge in [-0.15, -0.1) is 0 Å². The van der Waals surface area contributed by atoms with Crippen LogP contribution in [0.5, 0.6) is 0 Å². The lowest BCUT2D eigenvalue weighted by Crippen LogP contribution is -2.71. The molecule has 51 nitrogen and oxygen atoms in total. The summed E-state index contributed by atoms with van der Waals surface area (Å²) >= 11 is 0. The highest BCUT2D eigenvalue weighted by Crippen LogP contribution is 2.41. The molecule has 10 saturated heterocycles. The van der Waals surface area contributed by atoms with Crippen molar-refractivity contribution in [2.45, 2.75) is 335 Å². The minimum atomic E-state index is -2.67. The summed E-state index contributed by atoms with van der Waals surface area (Å²) in [5.74, 6) is -1.88. The van der Waals surface area contributed by atoms with Crippen LogP contribution < -0.4 is 10.6 Å². The molecule has 0 unspecified atom stereocenters. The fourth-order valence-electron chi connectivity index (χ4n) is 15.0. The fourth-order valence-corrected chi connectivity index (χ4v) is 15.0. The molecule has 50 atom stereocenters. The van der Waals surface area contributed by atoms with Crippen LogP contribution in [0.15, 0.2) is 0 Å². The minimum Gasteiger partial charge on any atom is -0.394 e. The summed E-state index contributed by atoms with van der Waals surface area (Å²) in [5.41, 5.74) is 0. The molecule has 51 heteroatoms. The van der Waals surface area contributed by atoms with E-state index in [1.807, 2.05) is 0 Å². The molecule has 2 amide bonds. The standard InChI is InChI=1S/C64H108N2O49/c1-13-27(75)34(82)42(90)59(99-13)115-54-38(86)31(79)20(8-70)105-64(54)113-52-24(12-98-58-41(89)35(83)28(76)17(5-67)102-58)108-63(47(95)53(52)114-62-46(94)40(88)50(22(10-72)107-62)112-61-44(92)37(85)30(78)19(7-69)104-61)111-49-21(9-71)106-56(26(33(49)81)66-16(4)74)110-51-23(101-55(96)25(32(51)80)65-15(3)73)11-97-57-45(93)39(87)48(14(2)100-57)109-60-43(91)36(84)29(77)18(6-68)103-60/h13-14,17-64,67-72,75-96H,5-12H2,1-4H3,(H,65,73)(H,66,74)/t13-,14-,17+,18+,19+,20+,21+,22+,23+,24+,25+,26+,27+,28+,29-,30-,31-,32+,33+,34+,35-,36-,37-,38-,39-,40+,41-,42-,43+,44+,45-,46-,47-,48+,49+,50+,51+,52+,53+,54+,55+,56-,57+,58-,59-,60-,61+,62+,63-,64-/m0/s1. The maximum absolute atomic E-state index is 13.3. The van der Waals surface area contributed by atoms with Gasteiger partial charge in [0.1, 0.15) is 232 Å². The van der Waals surface area contributed by atoms with E-state index < -0.39 is 372 Å². The molecule has 0 aromatic heterocycles. The Bertz CT molecular complexity index is 3000. The monoisotopic (exact) mass is 1690 g/mol. The predicted octanol–water partition coefficient (Wildman–Crippen LogP) is -20.5. The van der Waals surface area contributed by atoms with E-state index in [2.05, 4.69) is 10.6 Å². The Morgan fingerprint density at radius 3 is 1.03 bits per heavy atom. The van der Waals surface area contributed by atoms with Crippen molar-refractivity contribution in [3.05, 3.63) is 0 Å². The number of hydrogen-bond donors (Lipinski definition) is 30. The van der Waals surface area contributed by atoms with E-state index in [9.17, 15) is 153 Å². The van der Waals surface area contributed by atoms with E-state index in [1.54, 1.807) is 0 Å². The lowest BCUT2D eigenvalue weighted by Gasteiger charge is -2.52. The smallest absolute Gasteiger partial charge is 0.217 e. The molecule has 30 N–H and O–H groups in total. The first-order valence-corrected chi connectivity index (χ1v) is 36.9. The van der Waals surface area contributed by atoms with Gasteiger partial charge >= 0.3 is 0 Å². The number of rotatable bonds is 28. The molecule has 10 aliphatic heterocycles. The first-order valence-electron chi connectivity index (χ1n) is 36.9. The van der Waals surface area contributed by atoms with Gasteiger partial charge in [-0.1, -0.05) is 0 Å². The second-order valence-electron chi connectivity index (χ2n) is 29.5. The van der Waals surface area contributed by atoms with Crippen molar-refractivity contribution in [1.82, 2.24) is 10.6 Å². The maximum Gasteiger partial charge on any atom is 0.217 e. The molecule has 668 valence electrons. The lowest BCUT2D eigenvalue weighted by molar-refractivity contribution is -0.413. The number of ether oxygens (including phenoxy) is 19. The molecule has 0 saturated carbocycles. The van der Waals surface area contributed by atoms with Crippen molar-refractivity contribution < 1.29 is 243 Å². The van der Waals surface area contributed by atoms with Gasteiger partial charge in [0.25, 0.3) is 0 Å². The molecule has 10 rings (SSSR count). The fraction of sp³-hybridized carbons (Fsp3) is 0.969. The van der Waals surface area contributed by atoms with E-state index in [-0.39, 0.29) is 0 Å². The summed E-state index contributed by atoms with van der Waals surface area (Å²) in [6.45, 7) is -4.31. The van der Waals surface area contributed by atoms with Crippen molar-refractivity contribution in [3.63, 3.8) is 0 Å². The van der Waals surface area contributed by atoms with Crippen LogP contribution in [0.4, 0.5) is 0 Å². The third-order valence-electron chi connectivity index (χ3n) is 21.6. The molecule has 0 bridgehead atoms. The van der Waals surface area contributed by atoms with Crippen molar-refractivity contribution in [1.29, 1.82) is 0 Å². The molecule has 10 fully saturated rings. The molecule has 0 aromatic rings. The summed E-state index contributed by atoms with van der Waals surface area (Å²) in [5, 5.41) is 314. The Labute approximate surface area is 650 Å². The summed E-state index contributed by atoms with van der Waals surface area (Å²) in [7, 11) is 0. The second kappa shape index (κ2) is 40.6. The van der Waals surface area contributed by atoms with Crippen LogP contribution in [0.1, 0.15) is 27.7 Å². The zero-order valence-corrected chi connectivity index (χ0v) is 61.6. The normalized spacial score (nSPS) is 52.1. The highest BCUT2D eigenvalue weighted by atomic mass is 16.8. The lowest BCUT2D eigenvalue weighted by atomic mass is 9.93. The van der Waals surface area contributed by atoms with Crippen LogP contribution >= 0.6 is 0 Å². The Morgan fingerprint density at radius 2 is 0.530 bits per heavy atom. The van der Waals surface area contributed by atoms with Gasteiger partial charge in [-0.25, -0.2) is 0 Å². The second-order valence-corrected chi connectivity index (χ2v) is 29.5. The third-order valence-corrected chi connectivity index (χ3v) is 21.6. The van der Waals surface area contributed by atoms with E-state index in [1.165, 1.54) is 13.8 Å². The van der Waals surface area contributed by atoms with E-state index in [4.69, 9.17) is 90.0 Å². The Hall–Kier alpha value is -2.94. The summed E-state index contributed by atoms with van der Waals surface area (Å²) < 4.78 is 112. The molecule has 0 aliphatic carbocycles. The number of aliphatic hydroxyl groups is 28. The summed E-state index contributed by atoms with van der Waals surface area (Å²) in [6, 6.07) is -3.87. The van der Waals surface area contributed by atoms with E-state index in [0.29, 0.717) is 0 Å². The summed E-state index contributed by atoms with van der Waals surface area (Å²) in [4.78, 5) is 25.9. The molecule has 10 heterocycles. The molecule has 0 spiro atoms. The number of carbonyl (C=O) groups excluding carboxylic acids is 2. The van der Waals surface area contributed by atoms with Crippen LogP contribution in [0.2, 0.25) is 0 Å². The molecule has 10 aliphatic rings. The summed E-state index contributed by atoms with van der Waals surface area (Å²) in [6.07, 6.45) is -99.2. The molecular weight excluding hydrogens is 1580 g/mol. The zero-order chi connectivity index (χ0) is 84.5. The first-order chi connectivity index (χ1) is 54.3. The Morgan fingerprint density at radius 1 is 0.243 bits per heavy atom. The predicted molar refractivity (Wildman–Crippen MR) is 350 cm³/mol. The molecule has 115 heavy (non-hydrogen) atoms. The van der Waals surface area contributed by atoms with Crippen molar-refractivity contribution in [2.24, 2.45) is 0 Å². The van der Waals surface area contributed by atoms with Gasteiger partial charge in [-0.2, -0.15) is 0 Å². The van der Waals surface area contributed by atoms with Gasteiger partial charge in [0, 0.05) is 13.8 Å². The average molecular weight is 1690 g/mol. The third kappa shape index (κ3) is 20.3. The number of nitrogens with one attached hydrogen (secondary N) is 2. The average Bonchev–Trinajstić information content (AvgIpc) is 0.761. The quantitative estimate of drug-likeness (QED) is 0.0346. The largest absolute Gasteiger partial charge is 0.394 e. The van der Waals surface area contributed by atoms with E-state index in [0.717, 1.165) is 13.8 Å². The highest BCUT2D eigenvalue weighted by Gasteiger charge is 2.62. The molecule has 0 aromatic carbocycles. The maximum atomic E-state index is 13.3. The van der Waals surface area contributed by atoms with Gasteiger partial charge < -0.3 is 244 Å². The van der Waals surface area contributed by atoms with Crippen LogP contribution in [0.3, 0.4) is 0 Å². The minimum absolute atomic E-state index is 0.858. The SMILES string of the molecule is CC(=O)N[C@@H]1[C@@H](O)[C@H](O[C@@H]2O[C@H](CO)[C@@H](O[C@@H]3O[C@H](CO[C@H]4O[C@H](CO)[C@@H](O)[C@H](O)[C@@H]4O)[C@@H](O[C@@H]4O[C@H](CO)[C@H](O)[C@H](O)[C@H]4O[C@@H]4O[C@@H](C)[C@@H](O)[C@@H](O)[C@@H]4O)[C@H](O[C@H]4O[C@H](CO)[C@@H](O[C@H]5O[C@H](CO)[C@H](O)[C@H](O)[C@H]5O)[C@H](O)[C@@H]4O)[C@@H]3O)[C@H](O)[C@H]2NC(C)=O)[C@@H](CO[C@@H]2O[C@@H](C)[C@@H](O[C@@H]3O[C@H](CO)[C@H](O)[C@H](O)[C@H]3O)[C@@H](O)[C@@H]2O)O[C@H]1O. The van der Waals surface area contributed by atoms with Crippen molar-refractivity contribution in [2.75, 3.05) is 52.9 Å². The van der Waals surface area contributed by atoms with Crippen LogP contribution in [0.25, 0.3) is 0 Å². The van der Waals surface area contributed by atoms with Crippen molar-refractivity contribution >= 4 is 11.8 Å². The van der Waals surface area contributed by atoms with Crippen LogP contribution in [0, 0.1) is 0 Å². The van der Waals surface area contributed by atoms with Crippen LogP contribution in [-0.2, 0) is 99.6 Å². The van der Waals surface area contributed by atoms with Crippen LogP contribution in [-0.4, -0.2) is 515 Å². The topological polar surface area (TPSA) is 800 Å². The molecular formula is C64H108N2O49. The van der Waals surface area contributed by atoms with E-state index >= 15 is 0 Å². The van der Waals surface area contributed by atoms with Crippen molar-refractivity contribution in [3.8, 4) is 0 Å². The highest BCUT2D eigenvalue weighted by molar-refractivity contribution is 5.73. The number of carbonyl (C=O) groups is 2. The Balaban J connectivity index is 0.980. The Kier molecular flexibility index (Phi) is 33.3. The molecule has 0 radical (unpaired) electrons. The van der Waals surface area contributed by atoms with Gasteiger partial charge in [0.2, 0.25) is 11.8 Å². The zero-order valence-electron chi connectivity index (χ0n) is 61.6. The van der Waals surface area contributed by atoms with Gasteiger partial charge in [-0.3, -0.25) is 9.59 Å². The number of hydrogen-bond acceptors (Lipinski definition) is 49. The number of amides is 2. The first kappa shape index (κ1) is 94.3. The van der Waals surface area contributed by atoms with Gasteiger partial charge in [0.15, 0.2) is 62.9 Å².